The van der Waals surface area contributed by atoms with Crippen molar-refractivity contribution in [1.29, 1.82) is 0 Å². The molecule has 1 aliphatic heterocycles. The molecule has 0 radical (unpaired) electrons. The molecule has 5 aliphatic rings. The predicted octanol–water partition coefficient (Wildman–Crippen LogP) is 3.51. The van der Waals surface area contributed by atoms with Crippen molar-refractivity contribution < 1.29 is 19.4 Å². The minimum absolute atomic E-state index is 0.00755. The van der Waals surface area contributed by atoms with E-state index < -0.39 is 5.60 Å². The Hall–Kier alpha value is -2.35. The van der Waals surface area contributed by atoms with Crippen LogP contribution in [-0.4, -0.2) is 75.3 Å². The van der Waals surface area contributed by atoms with Gasteiger partial charge in [-0.05, 0) is 89.2 Å². The molecular formula is C26H38N4O4. The number of likely N-dealkylation sites (tertiary alicyclic amines) is 1. The van der Waals surface area contributed by atoms with Gasteiger partial charge in [-0.1, -0.05) is 0 Å². The monoisotopic (exact) mass is 470 g/mol. The number of anilines is 1. The second kappa shape index (κ2) is 8.40. The third kappa shape index (κ3) is 4.37. The molecule has 0 aromatic carbocycles. The SMILES string of the molecule is CN(C(=O)c1cccnc1N[C@@H]1CCN(C(=O)O[C@H]2C3CC4CC2C[C@](O)(C4)C3)C1)C(C)(C)C. The molecule has 8 nitrogen and oxygen atoms in total. The zero-order valence-corrected chi connectivity index (χ0v) is 20.8. The first-order valence-corrected chi connectivity index (χ1v) is 12.7. The zero-order valence-electron chi connectivity index (χ0n) is 20.8. The Balaban J connectivity index is 1.20. The number of hydrogen-bond donors (Lipinski definition) is 2. The van der Waals surface area contributed by atoms with Crippen molar-refractivity contribution in [3.05, 3.63) is 23.9 Å². The number of carbonyl (C=O) groups excluding carboxylic acids is 2. The number of nitrogens with zero attached hydrogens (tertiary/aromatic N) is 3. The number of carbonyl (C=O) groups is 2. The van der Waals surface area contributed by atoms with Crippen LogP contribution in [0, 0.1) is 17.8 Å². The van der Waals surface area contributed by atoms with Crippen LogP contribution in [0.1, 0.15) is 69.7 Å². The van der Waals surface area contributed by atoms with Crippen LogP contribution in [0.2, 0.25) is 0 Å². The van der Waals surface area contributed by atoms with Gasteiger partial charge in [-0.15, -0.1) is 0 Å². The van der Waals surface area contributed by atoms with E-state index in [4.69, 9.17) is 4.74 Å². The van der Waals surface area contributed by atoms with Crippen molar-refractivity contribution in [2.75, 3.05) is 25.5 Å². The summed E-state index contributed by atoms with van der Waals surface area (Å²) in [5, 5.41) is 14.2. The molecule has 1 saturated heterocycles. The smallest absolute Gasteiger partial charge is 0.410 e. The first-order chi connectivity index (χ1) is 16.0. The van der Waals surface area contributed by atoms with E-state index in [1.807, 2.05) is 20.8 Å². The van der Waals surface area contributed by atoms with E-state index in [-0.39, 0.29) is 29.7 Å². The summed E-state index contributed by atoms with van der Waals surface area (Å²) < 4.78 is 6.06. The lowest BCUT2D eigenvalue weighted by Crippen LogP contribution is -2.58. The van der Waals surface area contributed by atoms with Gasteiger partial charge in [0, 0.05) is 37.9 Å². The van der Waals surface area contributed by atoms with E-state index in [2.05, 4.69) is 10.3 Å². The number of hydrogen-bond acceptors (Lipinski definition) is 6. The molecule has 4 aliphatic carbocycles. The summed E-state index contributed by atoms with van der Waals surface area (Å²) in [6, 6.07) is 3.57. The van der Waals surface area contributed by atoms with E-state index in [1.54, 1.807) is 35.2 Å². The Morgan fingerprint density at radius 3 is 2.59 bits per heavy atom. The van der Waals surface area contributed by atoms with Gasteiger partial charge in [-0.3, -0.25) is 4.79 Å². The van der Waals surface area contributed by atoms with Crippen molar-refractivity contribution in [1.82, 2.24) is 14.8 Å². The average molecular weight is 471 g/mol. The normalized spacial score (nSPS) is 34.3. The Morgan fingerprint density at radius 2 is 1.94 bits per heavy atom. The maximum absolute atomic E-state index is 13.1. The molecule has 2 unspecified atom stereocenters. The first kappa shape index (κ1) is 23.4. The van der Waals surface area contributed by atoms with Crippen LogP contribution in [0.15, 0.2) is 18.3 Å². The number of amides is 2. The highest BCUT2D eigenvalue weighted by Gasteiger charge is 2.56. The molecule has 4 saturated carbocycles. The van der Waals surface area contributed by atoms with Crippen molar-refractivity contribution in [3.63, 3.8) is 0 Å². The molecule has 1 aromatic rings. The standard InChI is InChI=1S/C26H38N4O4/c1-25(2,3)29(4)23(31)20-6-5-8-27-22(20)28-19-7-9-30(15-19)24(32)34-21-17-10-16-11-18(21)14-26(33,12-16)13-17/h5-6,8,16-19,21,33H,7,9-15H2,1-4H3,(H,27,28)/t16?,17?,18?,19-,21-,26-/m1/s1. The fourth-order valence-electron chi connectivity index (χ4n) is 6.73. The highest BCUT2D eigenvalue weighted by molar-refractivity contribution is 5.99. The van der Waals surface area contributed by atoms with Gasteiger partial charge in [0.1, 0.15) is 11.9 Å². The second-order valence-electron chi connectivity index (χ2n) is 12.1. The molecule has 6 rings (SSSR count). The number of pyridine rings is 1. The maximum Gasteiger partial charge on any atom is 0.410 e. The average Bonchev–Trinajstić information content (AvgIpc) is 3.22. The minimum Gasteiger partial charge on any atom is -0.446 e. The van der Waals surface area contributed by atoms with Gasteiger partial charge in [0.25, 0.3) is 5.91 Å². The third-order valence-corrected chi connectivity index (χ3v) is 8.53. The molecule has 186 valence electrons. The van der Waals surface area contributed by atoms with E-state index in [9.17, 15) is 14.7 Å². The summed E-state index contributed by atoms with van der Waals surface area (Å²) in [6.07, 6.45) is 6.72. The predicted molar refractivity (Wildman–Crippen MR) is 128 cm³/mol. The third-order valence-electron chi connectivity index (χ3n) is 8.53. The fraction of sp³-hybridized carbons (Fsp3) is 0.731. The van der Waals surface area contributed by atoms with Crippen molar-refractivity contribution in [2.24, 2.45) is 17.8 Å². The summed E-state index contributed by atoms with van der Waals surface area (Å²) in [6.45, 7) is 7.13. The zero-order chi connectivity index (χ0) is 24.3. The van der Waals surface area contributed by atoms with Gasteiger partial charge in [-0.2, -0.15) is 0 Å². The fourth-order valence-corrected chi connectivity index (χ4v) is 6.73. The van der Waals surface area contributed by atoms with Crippen LogP contribution < -0.4 is 5.32 Å². The van der Waals surface area contributed by atoms with Crippen LogP contribution in [0.3, 0.4) is 0 Å². The molecule has 3 atom stereocenters. The molecule has 2 N–H and O–H groups in total. The highest BCUT2D eigenvalue weighted by atomic mass is 16.6. The molecule has 0 spiro atoms. The van der Waals surface area contributed by atoms with Gasteiger partial charge >= 0.3 is 6.09 Å². The summed E-state index contributed by atoms with van der Waals surface area (Å²) >= 11 is 0. The van der Waals surface area contributed by atoms with Gasteiger partial charge in [0.05, 0.1) is 11.2 Å². The summed E-state index contributed by atoms with van der Waals surface area (Å²) in [7, 11) is 1.80. The minimum atomic E-state index is -0.527. The summed E-state index contributed by atoms with van der Waals surface area (Å²) in [5.41, 5.74) is -0.292. The largest absolute Gasteiger partial charge is 0.446 e. The van der Waals surface area contributed by atoms with E-state index in [1.165, 1.54) is 0 Å². The van der Waals surface area contributed by atoms with Crippen LogP contribution in [-0.2, 0) is 4.74 Å². The topological polar surface area (TPSA) is 95.0 Å². The lowest BCUT2D eigenvalue weighted by molar-refractivity contribution is -0.177. The van der Waals surface area contributed by atoms with Crippen molar-refractivity contribution in [2.45, 2.75) is 82.6 Å². The summed E-state index contributed by atoms with van der Waals surface area (Å²) in [5.74, 6) is 1.64. The highest BCUT2D eigenvalue weighted by Crippen LogP contribution is 2.56. The molecule has 8 heteroatoms. The summed E-state index contributed by atoms with van der Waals surface area (Å²) in [4.78, 5) is 34.0. The Morgan fingerprint density at radius 1 is 1.24 bits per heavy atom. The van der Waals surface area contributed by atoms with Gasteiger partial charge in [0.15, 0.2) is 0 Å². The molecule has 5 fully saturated rings. The van der Waals surface area contributed by atoms with Gasteiger partial charge in [-0.25, -0.2) is 9.78 Å². The van der Waals surface area contributed by atoms with Gasteiger partial charge < -0.3 is 25.0 Å². The molecule has 2 heterocycles. The quantitative estimate of drug-likeness (QED) is 0.699. The van der Waals surface area contributed by atoms with Crippen LogP contribution >= 0.6 is 0 Å². The first-order valence-electron chi connectivity index (χ1n) is 12.7. The van der Waals surface area contributed by atoms with Gasteiger partial charge in [0.2, 0.25) is 0 Å². The second-order valence-corrected chi connectivity index (χ2v) is 12.1. The number of nitrogens with one attached hydrogen (secondary N) is 1. The van der Waals surface area contributed by atoms with E-state index in [0.717, 1.165) is 38.5 Å². The lowest BCUT2D eigenvalue weighted by atomic mass is 9.53. The number of rotatable bonds is 4. The lowest BCUT2D eigenvalue weighted by Gasteiger charge is -2.57. The van der Waals surface area contributed by atoms with Crippen LogP contribution in [0.4, 0.5) is 10.6 Å². The van der Waals surface area contributed by atoms with Crippen LogP contribution in [0.25, 0.3) is 0 Å². The number of aromatic nitrogens is 1. The molecule has 4 bridgehead atoms. The maximum atomic E-state index is 13.1. The van der Waals surface area contributed by atoms with E-state index >= 15 is 0 Å². The van der Waals surface area contributed by atoms with Crippen LogP contribution in [0.5, 0.6) is 0 Å². The van der Waals surface area contributed by atoms with Crippen molar-refractivity contribution >= 4 is 17.8 Å². The molecule has 1 aromatic heterocycles. The number of ether oxygens (including phenoxy) is 1. The Bertz CT molecular complexity index is 944. The molecule has 34 heavy (non-hydrogen) atoms. The van der Waals surface area contributed by atoms with E-state index in [0.29, 0.717) is 42.2 Å². The molecule has 2 amide bonds. The Labute approximate surface area is 202 Å². The Kier molecular flexibility index (Phi) is 5.78. The van der Waals surface area contributed by atoms with Crippen molar-refractivity contribution in [3.8, 4) is 0 Å². The number of aliphatic hydroxyl groups is 1. The molecular weight excluding hydrogens is 432 g/mol.